The summed E-state index contributed by atoms with van der Waals surface area (Å²) in [5, 5.41) is 21.8. The Morgan fingerprint density at radius 2 is 1.58 bits per heavy atom. The van der Waals surface area contributed by atoms with Crippen LogP contribution in [-0.2, 0) is 0 Å². The van der Waals surface area contributed by atoms with Crippen LogP contribution in [0, 0.1) is 5.21 Å². The van der Waals surface area contributed by atoms with Gasteiger partial charge in [0.2, 0.25) is 0 Å². The molecule has 0 saturated heterocycles. The first kappa shape index (κ1) is 15.7. The van der Waals surface area contributed by atoms with Crippen molar-refractivity contribution in [3.8, 4) is 0 Å². The van der Waals surface area contributed by atoms with Crippen molar-refractivity contribution in [2.45, 2.75) is 39.5 Å². The summed E-state index contributed by atoms with van der Waals surface area (Å²) in [6.45, 7) is 5.25. The molecule has 0 radical (unpaired) electrons. The minimum atomic E-state index is -0.960. The van der Waals surface area contributed by atoms with Gasteiger partial charge in [-0.25, -0.2) is 4.79 Å². The van der Waals surface area contributed by atoms with Gasteiger partial charge in [-0.3, -0.25) is 0 Å². The Bertz CT molecular complexity index is 392. The molecule has 1 N–H and O–H groups in total. The molecule has 4 nitrogen and oxygen atoms in total. The molecular formula is C15H23NO3. The highest BCUT2D eigenvalue weighted by Gasteiger charge is 2.19. The van der Waals surface area contributed by atoms with E-state index in [9.17, 15) is 10.0 Å². The summed E-state index contributed by atoms with van der Waals surface area (Å²) in [5.41, 5.74) is 0.883. The Morgan fingerprint density at radius 3 is 1.95 bits per heavy atom. The molecular weight excluding hydrogens is 242 g/mol. The van der Waals surface area contributed by atoms with Gasteiger partial charge < -0.3 is 15.0 Å². The van der Waals surface area contributed by atoms with E-state index in [0.29, 0.717) is 18.8 Å². The summed E-state index contributed by atoms with van der Waals surface area (Å²) in [5.74, 6) is -0.960. The quantitative estimate of drug-likeness (QED) is 0.574. The Morgan fingerprint density at radius 1 is 1.11 bits per heavy atom. The van der Waals surface area contributed by atoms with Crippen LogP contribution in [-0.4, -0.2) is 24.2 Å². The van der Waals surface area contributed by atoms with E-state index in [0.717, 1.165) is 25.7 Å². The zero-order valence-electron chi connectivity index (χ0n) is 11.8. The maximum absolute atomic E-state index is 12.9. The lowest BCUT2D eigenvalue weighted by Gasteiger charge is -2.42. The second-order valence-electron chi connectivity index (χ2n) is 4.90. The van der Waals surface area contributed by atoms with Crippen molar-refractivity contribution in [2.75, 3.05) is 13.1 Å². The van der Waals surface area contributed by atoms with Gasteiger partial charge in [-0.2, -0.15) is 0 Å². The average Bonchev–Trinajstić information content (AvgIpc) is 2.43. The van der Waals surface area contributed by atoms with Gasteiger partial charge in [0.25, 0.3) is 0 Å². The maximum Gasteiger partial charge on any atom is 0.335 e. The average molecular weight is 265 g/mol. The van der Waals surface area contributed by atoms with Crippen LogP contribution in [0.1, 0.15) is 49.9 Å². The van der Waals surface area contributed by atoms with E-state index in [1.807, 2.05) is 0 Å². The number of hydrogen-bond donors (Lipinski definition) is 1. The predicted octanol–water partition coefficient (Wildman–Crippen LogP) is 3.79. The van der Waals surface area contributed by atoms with Gasteiger partial charge in [0.1, 0.15) is 5.69 Å². The minimum Gasteiger partial charge on any atom is -0.627 e. The van der Waals surface area contributed by atoms with Crippen molar-refractivity contribution < 1.29 is 9.90 Å². The van der Waals surface area contributed by atoms with Crippen LogP contribution in [0.15, 0.2) is 24.3 Å². The molecule has 1 aromatic carbocycles. The molecule has 0 saturated carbocycles. The highest BCUT2D eigenvalue weighted by atomic mass is 16.5. The van der Waals surface area contributed by atoms with Gasteiger partial charge in [-0.15, -0.1) is 0 Å². The first-order valence-electron chi connectivity index (χ1n) is 6.95. The zero-order valence-corrected chi connectivity index (χ0v) is 11.8. The largest absolute Gasteiger partial charge is 0.627 e. The molecule has 1 aromatic rings. The first-order chi connectivity index (χ1) is 9.03. The molecule has 106 valence electrons. The SMILES string of the molecule is CCCC[N+]([O-])(CCCC)c1ccc(C(=O)O)cc1. The third-order valence-electron chi connectivity index (χ3n) is 3.33. The summed E-state index contributed by atoms with van der Waals surface area (Å²) in [4.78, 5) is 10.8. The van der Waals surface area contributed by atoms with E-state index in [2.05, 4.69) is 13.8 Å². The molecule has 0 fully saturated rings. The monoisotopic (exact) mass is 265 g/mol. The van der Waals surface area contributed by atoms with E-state index in [1.165, 1.54) is 12.1 Å². The molecule has 0 aromatic heterocycles. The highest BCUT2D eigenvalue weighted by Crippen LogP contribution is 2.24. The number of benzene rings is 1. The highest BCUT2D eigenvalue weighted by molar-refractivity contribution is 5.87. The first-order valence-corrected chi connectivity index (χ1v) is 6.95. The second-order valence-corrected chi connectivity index (χ2v) is 4.90. The predicted molar refractivity (Wildman–Crippen MR) is 78.1 cm³/mol. The zero-order chi connectivity index (χ0) is 14.3. The third kappa shape index (κ3) is 4.33. The summed E-state index contributed by atoms with van der Waals surface area (Å²) in [6.07, 6.45) is 3.74. The van der Waals surface area contributed by atoms with Crippen LogP contribution in [0.5, 0.6) is 0 Å². The summed E-state index contributed by atoms with van der Waals surface area (Å²) in [7, 11) is 0. The summed E-state index contributed by atoms with van der Waals surface area (Å²) in [6, 6.07) is 6.34. The molecule has 4 heteroatoms. The van der Waals surface area contributed by atoms with Crippen LogP contribution in [0.2, 0.25) is 0 Å². The van der Waals surface area contributed by atoms with E-state index in [-0.39, 0.29) is 10.2 Å². The fourth-order valence-corrected chi connectivity index (χ4v) is 2.07. The van der Waals surface area contributed by atoms with Crippen LogP contribution in [0.4, 0.5) is 5.69 Å². The number of quaternary nitrogens is 1. The van der Waals surface area contributed by atoms with Gasteiger partial charge in [0.15, 0.2) is 0 Å². The lowest BCUT2D eigenvalue weighted by Crippen LogP contribution is -2.44. The Kier molecular flexibility index (Phi) is 5.99. The number of nitrogens with zero attached hydrogens (tertiary/aromatic N) is 1. The van der Waals surface area contributed by atoms with Gasteiger partial charge in [0.05, 0.1) is 18.7 Å². The molecule has 0 aliphatic heterocycles. The fraction of sp³-hybridized carbons (Fsp3) is 0.533. The molecule has 1 rings (SSSR count). The van der Waals surface area contributed by atoms with E-state index in [1.54, 1.807) is 12.1 Å². The molecule has 0 amide bonds. The van der Waals surface area contributed by atoms with E-state index in [4.69, 9.17) is 5.11 Å². The number of aromatic carboxylic acids is 1. The molecule has 0 spiro atoms. The van der Waals surface area contributed by atoms with Crippen LogP contribution < -0.4 is 4.65 Å². The molecule has 0 bridgehead atoms. The Hall–Kier alpha value is -1.39. The van der Waals surface area contributed by atoms with Crippen LogP contribution in [0.25, 0.3) is 0 Å². The number of unbranched alkanes of at least 4 members (excludes halogenated alkanes) is 2. The van der Waals surface area contributed by atoms with Crippen molar-refractivity contribution in [1.29, 1.82) is 0 Å². The summed E-state index contributed by atoms with van der Waals surface area (Å²) < 4.78 is -0.346. The molecule has 19 heavy (non-hydrogen) atoms. The number of hydroxylamine groups is 2. The van der Waals surface area contributed by atoms with E-state index >= 15 is 0 Å². The van der Waals surface area contributed by atoms with Crippen LogP contribution >= 0.6 is 0 Å². The van der Waals surface area contributed by atoms with Crippen molar-refractivity contribution in [3.63, 3.8) is 0 Å². The Labute approximate surface area is 114 Å². The minimum absolute atomic E-state index is 0.223. The van der Waals surface area contributed by atoms with Crippen molar-refractivity contribution >= 4 is 11.7 Å². The summed E-state index contributed by atoms with van der Waals surface area (Å²) >= 11 is 0. The molecule has 0 unspecified atom stereocenters. The van der Waals surface area contributed by atoms with E-state index < -0.39 is 5.97 Å². The smallest absolute Gasteiger partial charge is 0.335 e. The van der Waals surface area contributed by atoms with Crippen molar-refractivity contribution in [2.24, 2.45) is 0 Å². The Balaban J connectivity index is 2.92. The van der Waals surface area contributed by atoms with Gasteiger partial charge in [-0.1, -0.05) is 26.7 Å². The number of carbonyl (C=O) groups is 1. The second kappa shape index (κ2) is 7.26. The fourth-order valence-electron chi connectivity index (χ4n) is 2.07. The standard InChI is InChI=1S/C15H23NO3/c1-3-5-11-16(19,12-6-4-2)14-9-7-13(8-10-14)15(17)18/h7-10H,3-6,11-12H2,1-2H3,(H,17,18). The van der Waals surface area contributed by atoms with Gasteiger partial charge in [-0.05, 0) is 25.0 Å². The lowest BCUT2D eigenvalue weighted by atomic mass is 10.1. The van der Waals surface area contributed by atoms with Crippen LogP contribution in [0.3, 0.4) is 0 Å². The lowest BCUT2D eigenvalue weighted by molar-refractivity contribution is 0.0697. The molecule has 0 aliphatic rings. The number of carboxylic acids is 1. The normalized spacial score (nSPS) is 11.5. The molecule has 0 aliphatic carbocycles. The van der Waals surface area contributed by atoms with Gasteiger partial charge in [0, 0.05) is 12.1 Å². The topological polar surface area (TPSA) is 60.4 Å². The number of carboxylic acid groups (broad SMARTS) is 1. The number of rotatable bonds is 8. The maximum atomic E-state index is 12.9. The molecule has 0 atom stereocenters. The van der Waals surface area contributed by atoms with Crippen molar-refractivity contribution in [3.05, 3.63) is 35.0 Å². The molecule has 0 heterocycles. The van der Waals surface area contributed by atoms with Gasteiger partial charge >= 0.3 is 5.97 Å². The third-order valence-corrected chi connectivity index (χ3v) is 3.33. The number of hydrogen-bond acceptors (Lipinski definition) is 2. The van der Waals surface area contributed by atoms with Crippen molar-refractivity contribution in [1.82, 2.24) is 4.65 Å².